The van der Waals surface area contributed by atoms with Crippen LogP contribution >= 0.6 is 0 Å². The molecule has 0 fully saturated rings. The highest BCUT2D eigenvalue weighted by atomic mass is 15.1. The van der Waals surface area contributed by atoms with E-state index in [1.54, 1.807) is 0 Å². The standard InChI is InChI=1S/C43H33N/c1-43(2)40-19-11-9-18-38(40)39-28-33-23-26-36(27-34(33)29-41(39)43)44(35-24-21-31(22-25-35)30-13-5-3-6-14-30)42-20-12-10-17-37(42)32-15-7-4-8-16-32/h3-29H,1-2H3. The third-order valence-electron chi connectivity index (χ3n) is 9.24. The highest BCUT2D eigenvalue weighted by Crippen LogP contribution is 2.50. The number of rotatable bonds is 5. The molecule has 210 valence electrons. The quantitative estimate of drug-likeness (QED) is 0.201. The molecular formula is C43H33N. The normalized spacial score (nSPS) is 13.0. The van der Waals surface area contributed by atoms with Crippen LogP contribution in [-0.2, 0) is 5.41 Å². The molecule has 0 saturated heterocycles. The first-order valence-electron chi connectivity index (χ1n) is 15.4. The number of fused-ring (bicyclic) bond motifs is 4. The predicted octanol–water partition coefficient (Wildman–Crippen LogP) is 11.9. The summed E-state index contributed by atoms with van der Waals surface area (Å²) in [4.78, 5) is 2.41. The van der Waals surface area contributed by atoms with E-state index in [1.807, 2.05) is 0 Å². The first-order chi connectivity index (χ1) is 21.6. The first kappa shape index (κ1) is 26.2. The number of para-hydroxylation sites is 1. The van der Waals surface area contributed by atoms with Crippen molar-refractivity contribution >= 4 is 27.8 Å². The van der Waals surface area contributed by atoms with Gasteiger partial charge in [0.15, 0.2) is 0 Å². The zero-order valence-corrected chi connectivity index (χ0v) is 25.0. The molecule has 0 heterocycles. The maximum Gasteiger partial charge on any atom is 0.0540 e. The van der Waals surface area contributed by atoms with Crippen molar-refractivity contribution in [3.63, 3.8) is 0 Å². The minimum Gasteiger partial charge on any atom is -0.310 e. The molecule has 0 radical (unpaired) electrons. The molecule has 0 spiro atoms. The molecule has 1 nitrogen and oxygen atoms in total. The maximum atomic E-state index is 2.42. The van der Waals surface area contributed by atoms with Crippen molar-refractivity contribution in [2.75, 3.05) is 4.90 Å². The third-order valence-corrected chi connectivity index (χ3v) is 9.24. The van der Waals surface area contributed by atoms with Gasteiger partial charge in [0.2, 0.25) is 0 Å². The van der Waals surface area contributed by atoms with E-state index < -0.39 is 0 Å². The van der Waals surface area contributed by atoms with Gasteiger partial charge in [-0.05, 0) is 92.2 Å². The third kappa shape index (κ3) is 4.32. The second-order valence-electron chi connectivity index (χ2n) is 12.2. The van der Waals surface area contributed by atoms with Crippen LogP contribution in [0.2, 0.25) is 0 Å². The van der Waals surface area contributed by atoms with Crippen LogP contribution in [0, 0.1) is 0 Å². The largest absolute Gasteiger partial charge is 0.310 e. The molecule has 0 saturated carbocycles. The lowest BCUT2D eigenvalue weighted by Gasteiger charge is -2.28. The molecule has 7 aromatic rings. The summed E-state index contributed by atoms with van der Waals surface area (Å²) in [6.07, 6.45) is 0. The topological polar surface area (TPSA) is 3.24 Å². The first-order valence-corrected chi connectivity index (χ1v) is 15.4. The van der Waals surface area contributed by atoms with Gasteiger partial charge in [-0.25, -0.2) is 0 Å². The van der Waals surface area contributed by atoms with Crippen LogP contribution in [0.15, 0.2) is 164 Å². The van der Waals surface area contributed by atoms with Crippen molar-refractivity contribution in [3.05, 3.63) is 175 Å². The zero-order chi connectivity index (χ0) is 29.7. The summed E-state index contributed by atoms with van der Waals surface area (Å²) in [7, 11) is 0. The molecule has 8 rings (SSSR count). The average Bonchev–Trinajstić information content (AvgIpc) is 3.30. The highest BCUT2D eigenvalue weighted by Gasteiger charge is 2.35. The molecule has 0 aromatic heterocycles. The number of hydrogen-bond acceptors (Lipinski definition) is 1. The Morgan fingerprint density at radius 3 is 1.73 bits per heavy atom. The summed E-state index contributed by atoms with van der Waals surface area (Å²) in [6, 6.07) is 59.6. The molecule has 1 aliphatic rings. The predicted molar refractivity (Wildman–Crippen MR) is 187 cm³/mol. The average molecular weight is 564 g/mol. The van der Waals surface area contributed by atoms with Gasteiger partial charge < -0.3 is 4.90 Å². The van der Waals surface area contributed by atoms with Crippen molar-refractivity contribution in [2.45, 2.75) is 19.3 Å². The molecule has 0 aliphatic heterocycles. The molecular weight excluding hydrogens is 530 g/mol. The lowest BCUT2D eigenvalue weighted by molar-refractivity contribution is 0.661. The Morgan fingerprint density at radius 2 is 0.977 bits per heavy atom. The van der Waals surface area contributed by atoms with Crippen LogP contribution in [0.1, 0.15) is 25.0 Å². The number of anilines is 3. The second-order valence-corrected chi connectivity index (χ2v) is 12.2. The van der Waals surface area contributed by atoms with Crippen LogP contribution < -0.4 is 4.90 Å². The molecule has 1 aliphatic carbocycles. The van der Waals surface area contributed by atoms with Gasteiger partial charge >= 0.3 is 0 Å². The monoisotopic (exact) mass is 563 g/mol. The van der Waals surface area contributed by atoms with Crippen LogP contribution in [0.3, 0.4) is 0 Å². The van der Waals surface area contributed by atoms with Crippen LogP contribution in [0.25, 0.3) is 44.2 Å². The van der Waals surface area contributed by atoms with E-state index in [4.69, 9.17) is 0 Å². The fraction of sp³-hybridized carbons (Fsp3) is 0.0698. The van der Waals surface area contributed by atoms with E-state index in [-0.39, 0.29) is 5.41 Å². The van der Waals surface area contributed by atoms with Gasteiger partial charge in [0, 0.05) is 22.4 Å². The number of nitrogens with zero attached hydrogens (tertiary/aromatic N) is 1. The Labute approximate surface area is 259 Å². The second kappa shape index (κ2) is 10.4. The van der Waals surface area contributed by atoms with E-state index >= 15 is 0 Å². The van der Waals surface area contributed by atoms with Gasteiger partial charge in [0.1, 0.15) is 0 Å². The van der Waals surface area contributed by atoms with Crippen molar-refractivity contribution < 1.29 is 0 Å². The van der Waals surface area contributed by atoms with E-state index in [2.05, 4.69) is 183 Å². The summed E-state index contributed by atoms with van der Waals surface area (Å²) >= 11 is 0. The summed E-state index contributed by atoms with van der Waals surface area (Å²) in [5, 5.41) is 2.51. The highest BCUT2D eigenvalue weighted by molar-refractivity contribution is 5.97. The summed E-state index contributed by atoms with van der Waals surface area (Å²) in [5.41, 5.74) is 13.7. The Kier molecular flexibility index (Phi) is 6.20. The molecule has 0 bridgehead atoms. The Balaban J connectivity index is 1.31. The number of hydrogen-bond donors (Lipinski definition) is 0. The Morgan fingerprint density at radius 1 is 0.386 bits per heavy atom. The Hall–Kier alpha value is -5.40. The molecule has 0 atom stereocenters. The summed E-state index contributed by atoms with van der Waals surface area (Å²) in [6.45, 7) is 4.70. The van der Waals surface area contributed by atoms with Gasteiger partial charge in [-0.2, -0.15) is 0 Å². The molecule has 1 heteroatoms. The van der Waals surface area contributed by atoms with Gasteiger partial charge in [-0.15, -0.1) is 0 Å². The van der Waals surface area contributed by atoms with E-state index in [1.165, 1.54) is 55.3 Å². The van der Waals surface area contributed by atoms with Crippen LogP contribution in [-0.4, -0.2) is 0 Å². The molecule has 44 heavy (non-hydrogen) atoms. The van der Waals surface area contributed by atoms with Crippen molar-refractivity contribution in [1.29, 1.82) is 0 Å². The zero-order valence-electron chi connectivity index (χ0n) is 25.0. The van der Waals surface area contributed by atoms with Gasteiger partial charge in [-0.3, -0.25) is 0 Å². The molecule has 0 amide bonds. The van der Waals surface area contributed by atoms with Gasteiger partial charge in [0.05, 0.1) is 5.69 Å². The summed E-state index contributed by atoms with van der Waals surface area (Å²) in [5.74, 6) is 0. The SMILES string of the molecule is CC1(C)c2ccccc2-c2cc3ccc(N(c4ccc(-c5ccccc5)cc4)c4ccccc4-c4ccccc4)cc3cc21. The van der Waals surface area contributed by atoms with Crippen LogP contribution in [0.4, 0.5) is 17.1 Å². The van der Waals surface area contributed by atoms with Crippen molar-refractivity contribution in [2.24, 2.45) is 0 Å². The fourth-order valence-electron chi connectivity index (χ4n) is 6.96. The maximum absolute atomic E-state index is 2.42. The number of benzene rings is 7. The Bertz CT molecular complexity index is 2120. The fourth-order valence-corrected chi connectivity index (χ4v) is 6.96. The lowest BCUT2D eigenvalue weighted by atomic mass is 9.82. The molecule has 7 aromatic carbocycles. The van der Waals surface area contributed by atoms with Crippen molar-refractivity contribution in [3.8, 4) is 33.4 Å². The van der Waals surface area contributed by atoms with Gasteiger partial charge in [-0.1, -0.05) is 135 Å². The summed E-state index contributed by atoms with van der Waals surface area (Å²) < 4.78 is 0. The van der Waals surface area contributed by atoms with E-state index in [0.717, 1.165) is 17.1 Å². The van der Waals surface area contributed by atoms with Crippen molar-refractivity contribution in [1.82, 2.24) is 0 Å². The lowest BCUT2D eigenvalue weighted by Crippen LogP contribution is -2.15. The minimum absolute atomic E-state index is 0.0387. The smallest absolute Gasteiger partial charge is 0.0540 e. The minimum atomic E-state index is -0.0387. The molecule has 0 N–H and O–H groups in total. The van der Waals surface area contributed by atoms with E-state index in [0.29, 0.717) is 0 Å². The molecule has 0 unspecified atom stereocenters. The van der Waals surface area contributed by atoms with Gasteiger partial charge in [0.25, 0.3) is 0 Å². The van der Waals surface area contributed by atoms with E-state index in [9.17, 15) is 0 Å². The van der Waals surface area contributed by atoms with Crippen LogP contribution in [0.5, 0.6) is 0 Å².